The Bertz CT molecular complexity index is 427. The second-order valence-corrected chi connectivity index (χ2v) is 4.63. The number of methoxy groups -OCH3 is 1. The maximum atomic E-state index is 11.8. The third kappa shape index (κ3) is 6.70. The smallest absolute Gasteiger partial charge is 0.411 e. The highest BCUT2D eigenvalue weighted by Gasteiger charge is 2.27. The molecular weight excluding hydrogens is 301 g/mol. The van der Waals surface area contributed by atoms with Gasteiger partial charge in [0.2, 0.25) is 5.16 Å². The van der Waals surface area contributed by atoms with E-state index >= 15 is 0 Å². The maximum absolute atomic E-state index is 11.8. The van der Waals surface area contributed by atoms with E-state index < -0.39 is 18.8 Å². The molecule has 1 aromatic rings. The molecule has 0 aliphatic carbocycles. The summed E-state index contributed by atoms with van der Waals surface area (Å²) in [6.45, 7) is -1.38. The number of alkyl halides is 3. The third-order valence-electron chi connectivity index (χ3n) is 1.94. The molecule has 0 aliphatic heterocycles. The highest BCUT2D eigenvalue weighted by molar-refractivity contribution is 7.99. The SMILES string of the molecule is COC(=O)Cn1nnnc1SCCCOCC(F)(F)F. The molecule has 0 fully saturated rings. The first-order valence-electron chi connectivity index (χ1n) is 5.52. The molecule has 0 saturated carbocycles. The minimum absolute atomic E-state index is 0.00885. The topological polar surface area (TPSA) is 79.1 Å². The average molecular weight is 314 g/mol. The lowest BCUT2D eigenvalue weighted by Crippen LogP contribution is -2.17. The molecule has 11 heteroatoms. The van der Waals surface area contributed by atoms with Crippen molar-refractivity contribution in [3.63, 3.8) is 0 Å². The number of tetrazole rings is 1. The van der Waals surface area contributed by atoms with Gasteiger partial charge < -0.3 is 9.47 Å². The second-order valence-electron chi connectivity index (χ2n) is 3.57. The standard InChI is InChI=1S/C9H13F3N4O3S/c1-18-7(17)5-16-8(13-14-15-16)20-4-2-3-19-6-9(10,11)12/h2-6H2,1H3. The number of ether oxygens (including phenoxy) is 2. The Hall–Kier alpha value is -1.36. The van der Waals surface area contributed by atoms with Crippen LogP contribution in [0.15, 0.2) is 5.16 Å². The van der Waals surface area contributed by atoms with Crippen LogP contribution >= 0.6 is 11.8 Å². The number of carbonyl (C=O) groups excluding carboxylic acids is 1. The molecule has 1 aromatic heterocycles. The van der Waals surface area contributed by atoms with Crippen molar-refractivity contribution in [2.24, 2.45) is 0 Å². The molecular formula is C9H13F3N4O3S. The third-order valence-corrected chi connectivity index (χ3v) is 2.98. The minimum atomic E-state index is -4.31. The van der Waals surface area contributed by atoms with E-state index in [4.69, 9.17) is 0 Å². The predicted octanol–water partition coefficient (Wildman–Crippen LogP) is 0.907. The van der Waals surface area contributed by atoms with Gasteiger partial charge in [0.05, 0.1) is 7.11 Å². The van der Waals surface area contributed by atoms with Crippen molar-refractivity contribution in [3.05, 3.63) is 0 Å². The quantitative estimate of drug-likeness (QED) is 0.401. The fourth-order valence-electron chi connectivity index (χ4n) is 1.10. The molecule has 0 N–H and O–H groups in total. The Morgan fingerprint density at radius 2 is 2.20 bits per heavy atom. The van der Waals surface area contributed by atoms with E-state index in [9.17, 15) is 18.0 Å². The molecule has 20 heavy (non-hydrogen) atoms. The Labute approximate surface area is 116 Å². The summed E-state index contributed by atoms with van der Waals surface area (Å²) in [7, 11) is 1.25. The lowest BCUT2D eigenvalue weighted by molar-refractivity contribution is -0.173. The average Bonchev–Trinajstić information content (AvgIpc) is 2.79. The summed E-state index contributed by atoms with van der Waals surface area (Å²) < 4.78 is 45.6. The summed E-state index contributed by atoms with van der Waals surface area (Å²) in [5.74, 6) is -0.0213. The fourth-order valence-corrected chi connectivity index (χ4v) is 1.89. The van der Waals surface area contributed by atoms with Crippen molar-refractivity contribution in [1.29, 1.82) is 0 Å². The second kappa shape index (κ2) is 8.04. The van der Waals surface area contributed by atoms with Crippen molar-refractivity contribution >= 4 is 17.7 Å². The van der Waals surface area contributed by atoms with Crippen molar-refractivity contribution in [1.82, 2.24) is 20.2 Å². The number of carbonyl (C=O) groups is 1. The number of hydrogen-bond donors (Lipinski definition) is 0. The van der Waals surface area contributed by atoms with Gasteiger partial charge in [-0.15, -0.1) is 5.10 Å². The molecule has 1 rings (SSSR count). The first-order chi connectivity index (χ1) is 9.42. The predicted molar refractivity (Wildman–Crippen MR) is 62.0 cm³/mol. The molecule has 0 aromatic carbocycles. The molecule has 0 radical (unpaired) electrons. The van der Waals surface area contributed by atoms with Gasteiger partial charge in [0.25, 0.3) is 0 Å². The van der Waals surface area contributed by atoms with Gasteiger partial charge in [-0.1, -0.05) is 11.8 Å². The van der Waals surface area contributed by atoms with Gasteiger partial charge in [-0.25, -0.2) is 4.68 Å². The zero-order valence-electron chi connectivity index (χ0n) is 10.6. The van der Waals surface area contributed by atoms with Gasteiger partial charge in [0.15, 0.2) is 0 Å². The van der Waals surface area contributed by atoms with Crippen LogP contribution in [0.4, 0.5) is 13.2 Å². The van der Waals surface area contributed by atoms with E-state index in [-0.39, 0.29) is 13.2 Å². The van der Waals surface area contributed by atoms with Crippen LogP contribution in [0.5, 0.6) is 0 Å². The first-order valence-corrected chi connectivity index (χ1v) is 6.51. The van der Waals surface area contributed by atoms with Crippen molar-refractivity contribution in [2.75, 3.05) is 26.1 Å². The van der Waals surface area contributed by atoms with E-state index in [1.807, 2.05) is 0 Å². The number of thioether (sulfide) groups is 1. The zero-order valence-corrected chi connectivity index (χ0v) is 11.4. The Kier molecular flexibility index (Phi) is 6.71. The summed E-state index contributed by atoms with van der Waals surface area (Å²) in [5, 5.41) is 11.1. The van der Waals surface area contributed by atoms with Crippen LogP contribution in [0.1, 0.15) is 6.42 Å². The highest BCUT2D eigenvalue weighted by Crippen LogP contribution is 2.16. The van der Waals surface area contributed by atoms with E-state index in [2.05, 4.69) is 25.0 Å². The number of rotatable bonds is 8. The van der Waals surface area contributed by atoms with E-state index in [0.29, 0.717) is 17.3 Å². The van der Waals surface area contributed by atoms with Crippen LogP contribution in [0.2, 0.25) is 0 Å². The van der Waals surface area contributed by atoms with E-state index in [0.717, 1.165) is 0 Å². The van der Waals surface area contributed by atoms with E-state index in [1.54, 1.807) is 0 Å². The number of nitrogens with zero attached hydrogens (tertiary/aromatic N) is 4. The summed E-state index contributed by atoms with van der Waals surface area (Å²) >= 11 is 1.22. The Morgan fingerprint density at radius 1 is 1.45 bits per heavy atom. The van der Waals surface area contributed by atoms with Crippen molar-refractivity contribution < 1.29 is 27.4 Å². The van der Waals surface area contributed by atoms with Crippen molar-refractivity contribution in [2.45, 2.75) is 24.3 Å². The number of halogens is 3. The van der Waals surface area contributed by atoms with Crippen LogP contribution < -0.4 is 0 Å². The molecule has 114 valence electrons. The lowest BCUT2D eigenvalue weighted by atomic mass is 10.5. The normalized spacial score (nSPS) is 11.6. The van der Waals surface area contributed by atoms with Gasteiger partial charge in [0, 0.05) is 12.4 Å². The largest absolute Gasteiger partial charge is 0.468 e. The Balaban J connectivity index is 2.22. The fraction of sp³-hybridized carbons (Fsp3) is 0.778. The molecule has 0 atom stereocenters. The molecule has 0 amide bonds. The number of aromatic nitrogens is 4. The molecule has 0 aliphatic rings. The first kappa shape index (κ1) is 16.7. The number of hydrogen-bond acceptors (Lipinski definition) is 7. The molecule has 0 unspecified atom stereocenters. The van der Waals surface area contributed by atoms with Crippen LogP contribution in [0.3, 0.4) is 0 Å². The van der Waals surface area contributed by atoms with Crippen LogP contribution in [-0.4, -0.2) is 58.4 Å². The monoisotopic (exact) mass is 314 g/mol. The van der Waals surface area contributed by atoms with Crippen LogP contribution in [0.25, 0.3) is 0 Å². The van der Waals surface area contributed by atoms with Crippen molar-refractivity contribution in [3.8, 4) is 0 Å². The molecule has 0 spiro atoms. The molecule has 1 heterocycles. The highest BCUT2D eigenvalue weighted by atomic mass is 32.2. The van der Waals surface area contributed by atoms with Crippen LogP contribution in [0, 0.1) is 0 Å². The summed E-state index contributed by atoms with van der Waals surface area (Å²) in [4.78, 5) is 11.1. The van der Waals surface area contributed by atoms with Gasteiger partial charge in [-0.2, -0.15) is 13.2 Å². The van der Waals surface area contributed by atoms with E-state index in [1.165, 1.54) is 23.6 Å². The van der Waals surface area contributed by atoms with Gasteiger partial charge in [0.1, 0.15) is 13.2 Å². The van der Waals surface area contributed by atoms with Gasteiger partial charge in [-0.3, -0.25) is 4.79 Å². The van der Waals surface area contributed by atoms with Crippen LogP contribution in [-0.2, 0) is 20.8 Å². The lowest BCUT2D eigenvalue weighted by Gasteiger charge is -2.07. The summed E-state index contributed by atoms with van der Waals surface area (Å²) in [5.41, 5.74) is 0. The summed E-state index contributed by atoms with van der Waals surface area (Å²) in [6.07, 6.45) is -3.90. The maximum Gasteiger partial charge on any atom is 0.411 e. The number of esters is 1. The molecule has 0 saturated heterocycles. The Morgan fingerprint density at radius 3 is 2.85 bits per heavy atom. The molecule has 0 bridgehead atoms. The zero-order chi connectivity index (χ0) is 15.0. The minimum Gasteiger partial charge on any atom is -0.468 e. The summed E-state index contributed by atoms with van der Waals surface area (Å²) in [6, 6.07) is 0. The van der Waals surface area contributed by atoms with Gasteiger partial charge >= 0.3 is 12.1 Å². The van der Waals surface area contributed by atoms with Gasteiger partial charge in [-0.05, 0) is 16.8 Å². The molecule has 7 nitrogen and oxygen atoms in total.